The van der Waals surface area contributed by atoms with Crippen molar-refractivity contribution < 1.29 is 19.1 Å². The van der Waals surface area contributed by atoms with Gasteiger partial charge in [0, 0.05) is 35.7 Å². The Bertz CT molecular complexity index is 1070. The summed E-state index contributed by atoms with van der Waals surface area (Å²) < 4.78 is 13.0. The summed E-state index contributed by atoms with van der Waals surface area (Å²) in [4.78, 5) is 24.2. The van der Waals surface area contributed by atoms with E-state index in [0.717, 1.165) is 22.6 Å². The van der Waals surface area contributed by atoms with Crippen molar-refractivity contribution in [1.82, 2.24) is 15.2 Å². The predicted molar refractivity (Wildman–Crippen MR) is 124 cm³/mol. The van der Waals surface area contributed by atoms with E-state index in [-0.39, 0.29) is 18.4 Å². The summed E-state index contributed by atoms with van der Waals surface area (Å²) >= 11 is 0. The van der Waals surface area contributed by atoms with Crippen molar-refractivity contribution in [2.45, 2.75) is 27.3 Å². The van der Waals surface area contributed by atoms with Crippen LogP contribution in [0.1, 0.15) is 34.2 Å². The maximum atomic E-state index is 12.6. The topological polar surface area (TPSA) is 81.6 Å². The number of hydrogen-bond acceptors (Lipinski definition) is 4. The van der Waals surface area contributed by atoms with E-state index in [0.29, 0.717) is 30.2 Å². The van der Waals surface area contributed by atoms with Crippen molar-refractivity contribution in [3.8, 4) is 17.2 Å². The summed E-state index contributed by atoms with van der Waals surface area (Å²) in [5.74, 6) is 0.620. The van der Waals surface area contributed by atoms with Gasteiger partial charge in [0.2, 0.25) is 0 Å². The molecule has 168 valence electrons. The molecule has 32 heavy (non-hydrogen) atoms. The molecule has 3 rings (SSSR count). The van der Waals surface area contributed by atoms with Gasteiger partial charge in [-0.05, 0) is 74.9 Å². The van der Waals surface area contributed by atoms with Gasteiger partial charge in [0.25, 0.3) is 11.8 Å². The molecule has 1 aromatic heterocycles. The second kappa shape index (κ2) is 10.5. The highest BCUT2D eigenvalue weighted by molar-refractivity contribution is 5.94. The normalized spacial score (nSPS) is 10.5. The molecule has 0 aliphatic heterocycles. The average molecular weight is 436 g/mol. The van der Waals surface area contributed by atoms with Gasteiger partial charge in [-0.15, -0.1) is 0 Å². The lowest BCUT2D eigenvalue weighted by atomic mass is 10.1. The Morgan fingerprint density at radius 3 is 2.22 bits per heavy atom. The van der Waals surface area contributed by atoms with Crippen LogP contribution >= 0.6 is 0 Å². The van der Waals surface area contributed by atoms with Crippen molar-refractivity contribution in [3.05, 3.63) is 77.1 Å². The predicted octanol–water partition coefficient (Wildman–Crippen LogP) is 3.55. The van der Waals surface area contributed by atoms with Gasteiger partial charge in [0.15, 0.2) is 18.1 Å². The van der Waals surface area contributed by atoms with Crippen LogP contribution in [0, 0.1) is 13.8 Å². The zero-order valence-electron chi connectivity index (χ0n) is 18.9. The molecule has 0 fully saturated rings. The number of methoxy groups -OCH3 is 1. The van der Waals surface area contributed by atoms with Crippen LogP contribution in [0.25, 0.3) is 5.69 Å². The van der Waals surface area contributed by atoms with E-state index in [1.807, 2.05) is 37.3 Å². The lowest BCUT2D eigenvalue weighted by Crippen LogP contribution is -2.28. The van der Waals surface area contributed by atoms with E-state index < -0.39 is 0 Å². The zero-order chi connectivity index (χ0) is 23.1. The van der Waals surface area contributed by atoms with E-state index in [4.69, 9.17) is 9.47 Å². The molecule has 1 heterocycles. The van der Waals surface area contributed by atoms with Crippen molar-refractivity contribution in [2.75, 3.05) is 20.3 Å². The first kappa shape index (κ1) is 22.9. The van der Waals surface area contributed by atoms with Gasteiger partial charge < -0.3 is 24.7 Å². The Morgan fingerprint density at radius 1 is 0.906 bits per heavy atom. The fraction of sp³-hybridized carbons (Fsp3) is 0.280. The number of carbonyl (C=O) groups excluding carboxylic acids is 2. The van der Waals surface area contributed by atoms with Crippen LogP contribution in [0.3, 0.4) is 0 Å². The minimum atomic E-state index is -0.195. The van der Waals surface area contributed by atoms with Gasteiger partial charge >= 0.3 is 0 Å². The molecule has 0 saturated carbocycles. The summed E-state index contributed by atoms with van der Waals surface area (Å²) in [7, 11) is 1.53. The minimum Gasteiger partial charge on any atom is -0.493 e. The highest BCUT2D eigenvalue weighted by Crippen LogP contribution is 2.28. The first-order valence-corrected chi connectivity index (χ1v) is 10.5. The Kier molecular flexibility index (Phi) is 7.54. The number of likely N-dealkylation sites (N-methyl/N-ethyl adjacent to an activating group) is 1. The molecule has 0 radical (unpaired) electrons. The van der Waals surface area contributed by atoms with Crippen molar-refractivity contribution in [3.63, 3.8) is 0 Å². The smallest absolute Gasteiger partial charge is 0.257 e. The van der Waals surface area contributed by atoms with Crippen LogP contribution in [0.5, 0.6) is 11.5 Å². The van der Waals surface area contributed by atoms with Crippen LogP contribution in [0.15, 0.2) is 54.6 Å². The Balaban J connectivity index is 1.61. The molecule has 2 N–H and O–H groups in total. The fourth-order valence-electron chi connectivity index (χ4n) is 3.45. The Hall–Kier alpha value is -3.74. The molecule has 7 heteroatoms. The fourth-order valence-corrected chi connectivity index (χ4v) is 3.45. The quantitative estimate of drug-likeness (QED) is 0.539. The molecule has 2 aromatic carbocycles. The van der Waals surface area contributed by atoms with Gasteiger partial charge in [-0.1, -0.05) is 6.07 Å². The van der Waals surface area contributed by atoms with E-state index >= 15 is 0 Å². The number of aromatic nitrogens is 1. The van der Waals surface area contributed by atoms with Crippen LogP contribution in [0.4, 0.5) is 0 Å². The van der Waals surface area contributed by atoms with Crippen molar-refractivity contribution >= 4 is 11.8 Å². The second-order valence-corrected chi connectivity index (χ2v) is 7.41. The van der Waals surface area contributed by atoms with Gasteiger partial charge in [0.1, 0.15) is 0 Å². The van der Waals surface area contributed by atoms with Crippen LogP contribution in [-0.2, 0) is 11.3 Å². The Morgan fingerprint density at radius 2 is 1.59 bits per heavy atom. The van der Waals surface area contributed by atoms with Crippen molar-refractivity contribution in [1.29, 1.82) is 0 Å². The Labute approximate surface area is 188 Å². The van der Waals surface area contributed by atoms with Gasteiger partial charge in [0.05, 0.1) is 7.11 Å². The van der Waals surface area contributed by atoms with Gasteiger partial charge in [-0.3, -0.25) is 9.59 Å². The van der Waals surface area contributed by atoms with E-state index in [2.05, 4.69) is 41.2 Å². The lowest BCUT2D eigenvalue weighted by molar-refractivity contribution is -0.123. The number of ether oxygens (including phenoxy) is 2. The monoisotopic (exact) mass is 435 g/mol. The molecule has 0 spiro atoms. The standard InChI is InChI=1S/C25H29N3O4/c1-5-26-24(29)16-32-22-13-8-19(14-23(22)31-4)15-27-25(30)20-9-11-21(12-10-20)28-17(2)6-7-18(28)3/h6-14H,5,15-16H2,1-4H3,(H,26,29)(H,27,30). The van der Waals surface area contributed by atoms with E-state index in [1.54, 1.807) is 12.1 Å². The number of amides is 2. The van der Waals surface area contributed by atoms with E-state index in [9.17, 15) is 9.59 Å². The first-order valence-electron chi connectivity index (χ1n) is 10.5. The average Bonchev–Trinajstić information content (AvgIpc) is 3.14. The van der Waals surface area contributed by atoms with Crippen LogP contribution < -0.4 is 20.1 Å². The minimum absolute atomic E-state index is 0.0850. The summed E-state index contributed by atoms with van der Waals surface area (Å²) in [5.41, 5.74) is 4.76. The molecule has 0 aliphatic carbocycles. The van der Waals surface area contributed by atoms with Crippen molar-refractivity contribution in [2.24, 2.45) is 0 Å². The molecule has 0 atom stereocenters. The van der Waals surface area contributed by atoms with Crippen LogP contribution in [-0.4, -0.2) is 36.6 Å². The molecule has 0 bridgehead atoms. The molecule has 3 aromatic rings. The molecule has 7 nitrogen and oxygen atoms in total. The highest BCUT2D eigenvalue weighted by Gasteiger charge is 2.11. The summed E-state index contributed by atoms with van der Waals surface area (Å²) in [5, 5.41) is 5.60. The summed E-state index contributed by atoms with van der Waals surface area (Å²) in [6, 6.07) is 17.0. The molecule has 2 amide bonds. The SMILES string of the molecule is CCNC(=O)COc1ccc(CNC(=O)c2ccc(-n3c(C)ccc3C)cc2)cc1OC. The summed E-state index contributed by atoms with van der Waals surface area (Å²) in [6.45, 7) is 6.75. The number of hydrogen-bond donors (Lipinski definition) is 2. The van der Waals surface area contributed by atoms with Crippen LogP contribution in [0.2, 0.25) is 0 Å². The number of benzene rings is 2. The third kappa shape index (κ3) is 5.49. The largest absolute Gasteiger partial charge is 0.493 e. The third-order valence-electron chi connectivity index (χ3n) is 5.07. The third-order valence-corrected chi connectivity index (χ3v) is 5.07. The number of nitrogens with one attached hydrogen (secondary N) is 2. The number of carbonyl (C=O) groups is 2. The zero-order valence-corrected chi connectivity index (χ0v) is 18.9. The lowest BCUT2D eigenvalue weighted by Gasteiger charge is -2.13. The number of rotatable bonds is 9. The molecule has 0 unspecified atom stereocenters. The number of aryl methyl sites for hydroxylation is 2. The van der Waals surface area contributed by atoms with Gasteiger partial charge in [-0.25, -0.2) is 0 Å². The first-order chi connectivity index (χ1) is 15.4. The maximum Gasteiger partial charge on any atom is 0.257 e. The maximum absolute atomic E-state index is 12.6. The highest BCUT2D eigenvalue weighted by atomic mass is 16.5. The second-order valence-electron chi connectivity index (χ2n) is 7.41. The van der Waals surface area contributed by atoms with Gasteiger partial charge in [-0.2, -0.15) is 0 Å². The molecule has 0 aliphatic rings. The van der Waals surface area contributed by atoms with E-state index in [1.165, 1.54) is 7.11 Å². The molecule has 0 saturated heterocycles. The summed E-state index contributed by atoms with van der Waals surface area (Å²) in [6.07, 6.45) is 0. The molecular formula is C25H29N3O4. The number of nitrogens with zero attached hydrogens (tertiary/aromatic N) is 1. The molecular weight excluding hydrogens is 406 g/mol.